The minimum absolute atomic E-state index is 0.0537. The minimum atomic E-state index is -0.637. The fraction of sp³-hybridized carbons (Fsp3) is 0.625. The third-order valence-corrected chi connectivity index (χ3v) is 4.60. The second kappa shape index (κ2) is 6.42. The van der Waals surface area contributed by atoms with Crippen molar-refractivity contribution in [3.8, 4) is 0 Å². The van der Waals surface area contributed by atoms with Crippen LogP contribution >= 0.6 is 11.6 Å². The zero-order valence-corrected chi connectivity index (χ0v) is 13.2. The number of rotatable bonds is 4. The molecule has 0 aromatic heterocycles. The van der Waals surface area contributed by atoms with Gasteiger partial charge in [-0.3, -0.25) is 4.90 Å². The normalized spacial score (nSPS) is 27.9. The van der Waals surface area contributed by atoms with Gasteiger partial charge in [0.1, 0.15) is 6.23 Å². The second-order valence-electron chi connectivity index (χ2n) is 5.82. The van der Waals surface area contributed by atoms with Gasteiger partial charge in [0.15, 0.2) is 0 Å². The Balaban J connectivity index is 1.77. The van der Waals surface area contributed by atoms with Crippen LogP contribution < -0.4 is 0 Å². The predicted octanol–water partition coefficient (Wildman–Crippen LogP) is 4.20. The predicted molar refractivity (Wildman–Crippen MR) is 83.4 cm³/mol. The van der Waals surface area contributed by atoms with Gasteiger partial charge in [-0.25, -0.2) is 0 Å². The monoisotopic (exact) mass is 307 g/mol. The van der Waals surface area contributed by atoms with Crippen LogP contribution in [0.3, 0.4) is 0 Å². The van der Waals surface area contributed by atoms with Crippen molar-refractivity contribution in [2.75, 3.05) is 19.6 Å². The van der Waals surface area contributed by atoms with E-state index in [-0.39, 0.29) is 6.23 Å². The maximum Gasteiger partial charge on any atom is 0.208 e. The lowest BCUT2D eigenvalue weighted by Crippen LogP contribution is -2.43. The molecular weight excluding hydrogens is 286 g/mol. The lowest BCUT2D eigenvalue weighted by atomic mass is 10.0. The first-order valence-corrected chi connectivity index (χ1v) is 8.14. The van der Waals surface area contributed by atoms with E-state index in [0.717, 1.165) is 36.6 Å². The summed E-state index contributed by atoms with van der Waals surface area (Å²) in [6.45, 7) is 5.05. The van der Waals surface area contributed by atoms with Crippen LogP contribution in [0.5, 0.6) is 0 Å². The van der Waals surface area contributed by atoms with Crippen LogP contribution in [0.2, 0.25) is 5.02 Å². The Labute approximate surface area is 131 Å². The maximum atomic E-state index is 6.39. The van der Waals surface area contributed by atoms with Gasteiger partial charge >= 0.3 is 0 Å². The number of halogens is 1. The van der Waals surface area contributed by atoms with Gasteiger partial charge in [0.2, 0.25) is 5.72 Å². The van der Waals surface area contributed by atoms with Crippen molar-refractivity contribution < 1.29 is 4.74 Å². The van der Waals surface area contributed by atoms with Crippen LogP contribution in [0.25, 0.3) is 0 Å². The van der Waals surface area contributed by atoms with E-state index in [1.165, 1.54) is 19.3 Å². The summed E-state index contributed by atoms with van der Waals surface area (Å²) in [5.74, 6) is 0. The molecule has 0 N–H and O–H groups in total. The second-order valence-corrected chi connectivity index (χ2v) is 6.26. The first kappa shape index (κ1) is 14.9. The van der Waals surface area contributed by atoms with E-state index in [9.17, 15) is 0 Å². The van der Waals surface area contributed by atoms with Gasteiger partial charge < -0.3 is 4.74 Å². The van der Waals surface area contributed by atoms with Crippen LogP contribution in [0, 0.1) is 0 Å². The summed E-state index contributed by atoms with van der Waals surface area (Å²) in [6.07, 6.45) is 4.68. The molecule has 2 atom stereocenters. The van der Waals surface area contributed by atoms with E-state index < -0.39 is 5.72 Å². The number of benzene rings is 1. The highest BCUT2D eigenvalue weighted by Gasteiger charge is 2.39. The SMILES string of the molecule is CC(OC1(c2ccc(Cl)cc2)CCN=N1)N1CCCCC1. The summed E-state index contributed by atoms with van der Waals surface area (Å²) in [4.78, 5) is 2.40. The molecule has 0 saturated carbocycles. The Bertz CT molecular complexity index is 499. The average molecular weight is 308 g/mol. The molecule has 0 bridgehead atoms. The van der Waals surface area contributed by atoms with Crippen molar-refractivity contribution in [2.45, 2.75) is 44.6 Å². The van der Waals surface area contributed by atoms with Crippen LogP contribution in [-0.2, 0) is 10.5 Å². The zero-order valence-electron chi connectivity index (χ0n) is 12.5. The summed E-state index contributed by atoms with van der Waals surface area (Å²) < 4.78 is 6.39. The van der Waals surface area contributed by atoms with E-state index in [1.807, 2.05) is 24.3 Å². The van der Waals surface area contributed by atoms with Crippen molar-refractivity contribution in [3.63, 3.8) is 0 Å². The van der Waals surface area contributed by atoms with Crippen molar-refractivity contribution in [1.82, 2.24) is 4.90 Å². The largest absolute Gasteiger partial charge is 0.330 e. The maximum absolute atomic E-state index is 6.39. The van der Waals surface area contributed by atoms with E-state index in [1.54, 1.807) is 0 Å². The van der Waals surface area contributed by atoms with E-state index in [4.69, 9.17) is 16.3 Å². The van der Waals surface area contributed by atoms with Gasteiger partial charge in [0.05, 0.1) is 6.54 Å². The Morgan fingerprint density at radius 2 is 1.90 bits per heavy atom. The van der Waals surface area contributed by atoms with E-state index in [2.05, 4.69) is 22.1 Å². The number of piperidine rings is 1. The van der Waals surface area contributed by atoms with Gasteiger partial charge in [-0.05, 0) is 31.9 Å². The first-order valence-electron chi connectivity index (χ1n) is 7.76. The van der Waals surface area contributed by atoms with Crippen LogP contribution in [0.1, 0.15) is 38.2 Å². The molecule has 0 aliphatic carbocycles. The van der Waals surface area contributed by atoms with Gasteiger partial charge in [-0.2, -0.15) is 10.2 Å². The van der Waals surface area contributed by atoms with Crippen LogP contribution in [0.15, 0.2) is 34.5 Å². The topological polar surface area (TPSA) is 37.2 Å². The molecule has 2 unspecified atom stereocenters. The first-order chi connectivity index (χ1) is 10.2. The molecule has 1 saturated heterocycles. The quantitative estimate of drug-likeness (QED) is 0.836. The number of hydrogen-bond acceptors (Lipinski definition) is 4. The molecule has 0 spiro atoms. The van der Waals surface area contributed by atoms with Crippen molar-refractivity contribution in [1.29, 1.82) is 0 Å². The van der Waals surface area contributed by atoms with Gasteiger partial charge in [-0.1, -0.05) is 30.2 Å². The Morgan fingerprint density at radius 3 is 2.52 bits per heavy atom. The fourth-order valence-corrected chi connectivity index (χ4v) is 3.24. The molecule has 5 heteroatoms. The number of likely N-dealkylation sites (tertiary alicyclic amines) is 1. The van der Waals surface area contributed by atoms with Crippen molar-refractivity contribution >= 4 is 11.6 Å². The highest BCUT2D eigenvalue weighted by atomic mass is 35.5. The standard InChI is InChI=1S/C16H22ClN3O/c1-13(20-11-3-2-4-12-20)21-16(9-10-18-19-16)14-5-7-15(17)8-6-14/h5-8,13H,2-4,9-12H2,1H3. The van der Waals surface area contributed by atoms with Gasteiger partial charge in [0, 0.05) is 30.1 Å². The number of hydrogen-bond donors (Lipinski definition) is 0. The Hall–Kier alpha value is -0.970. The molecule has 2 heterocycles. The molecule has 2 aliphatic heterocycles. The average Bonchev–Trinajstić information content (AvgIpc) is 2.98. The molecule has 1 aromatic rings. The smallest absolute Gasteiger partial charge is 0.208 e. The molecule has 0 radical (unpaired) electrons. The molecule has 21 heavy (non-hydrogen) atoms. The van der Waals surface area contributed by atoms with Gasteiger partial charge in [0.25, 0.3) is 0 Å². The number of ether oxygens (including phenoxy) is 1. The molecule has 3 rings (SSSR count). The highest BCUT2D eigenvalue weighted by molar-refractivity contribution is 6.30. The molecule has 2 aliphatic rings. The van der Waals surface area contributed by atoms with E-state index in [0.29, 0.717) is 0 Å². The Morgan fingerprint density at radius 1 is 1.19 bits per heavy atom. The lowest BCUT2D eigenvalue weighted by Gasteiger charge is -2.37. The molecular formula is C16H22ClN3O. The molecule has 1 aromatic carbocycles. The van der Waals surface area contributed by atoms with Gasteiger partial charge in [-0.15, -0.1) is 0 Å². The van der Waals surface area contributed by atoms with Crippen LogP contribution in [-0.4, -0.2) is 30.8 Å². The lowest BCUT2D eigenvalue weighted by molar-refractivity contribution is -0.151. The van der Waals surface area contributed by atoms with Crippen molar-refractivity contribution in [2.24, 2.45) is 10.2 Å². The summed E-state index contributed by atoms with van der Waals surface area (Å²) in [6, 6.07) is 7.77. The highest BCUT2D eigenvalue weighted by Crippen LogP contribution is 2.37. The summed E-state index contributed by atoms with van der Waals surface area (Å²) in [5, 5.41) is 9.35. The molecule has 4 nitrogen and oxygen atoms in total. The summed E-state index contributed by atoms with van der Waals surface area (Å²) >= 11 is 5.99. The number of nitrogens with zero attached hydrogens (tertiary/aromatic N) is 3. The molecule has 1 fully saturated rings. The zero-order chi connectivity index (χ0) is 14.7. The third-order valence-electron chi connectivity index (χ3n) is 4.35. The number of azo groups is 1. The van der Waals surface area contributed by atoms with E-state index >= 15 is 0 Å². The molecule has 0 amide bonds. The van der Waals surface area contributed by atoms with Crippen molar-refractivity contribution in [3.05, 3.63) is 34.9 Å². The third kappa shape index (κ3) is 3.28. The molecule has 114 valence electrons. The fourth-order valence-electron chi connectivity index (χ4n) is 3.12. The summed E-state index contributed by atoms with van der Waals surface area (Å²) in [5.41, 5.74) is 0.401. The van der Waals surface area contributed by atoms with Crippen LogP contribution in [0.4, 0.5) is 0 Å². The Kier molecular flexibility index (Phi) is 4.57. The minimum Gasteiger partial charge on any atom is -0.330 e. The summed E-state index contributed by atoms with van der Waals surface area (Å²) in [7, 11) is 0.